The van der Waals surface area contributed by atoms with Crippen LogP contribution in [0.1, 0.15) is 22.8 Å². The van der Waals surface area contributed by atoms with Gasteiger partial charge < -0.3 is 9.47 Å². The van der Waals surface area contributed by atoms with Gasteiger partial charge in [-0.3, -0.25) is 4.68 Å². The molecule has 27 heavy (non-hydrogen) atoms. The number of nitrogens with zero attached hydrogens (tertiary/aromatic N) is 2. The Morgan fingerprint density at radius 3 is 2.85 bits per heavy atom. The second kappa shape index (κ2) is 6.38. The molecule has 1 aliphatic rings. The van der Waals surface area contributed by atoms with Crippen LogP contribution in [0.2, 0.25) is 0 Å². The molecule has 2 heterocycles. The van der Waals surface area contributed by atoms with Gasteiger partial charge in [0.15, 0.2) is 9.84 Å². The topological polar surface area (TPSA) is 87.5 Å². The van der Waals surface area contributed by atoms with Crippen molar-refractivity contribution in [3.63, 3.8) is 0 Å². The third kappa shape index (κ3) is 3.16. The van der Waals surface area contributed by atoms with E-state index in [1.807, 2.05) is 0 Å². The Bertz CT molecular complexity index is 1160. The maximum absolute atomic E-state index is 12.1. The molecular formula is C19H18N2O5S. The second-order valence-corrected chi connectivity index (χ2v) is 8.45. The van der Waals surface area contributed by atoms with Gasteiger partial charge in [-0.1, -0.05) is 0 Å². The summed E-state index contributed by atoms with van der Waals surface area (Å²) in [7, 11) is -1.40. The van der Waals surface area contributed by atoms with Crippen LogP contribution in [0.25, 0.3) is 10.9 Å². The summed E-state index contributed by atoms with van der Waals surface area (Å²) in [6.45, 7) is 2.02. The van der Waals surface area contributed by atoms with Gasteiger partial charge in [0.1, 0.15) is 11.5 Å². The number of aryl methyl sites for hydroxylation is 2. The Morgan fingerprint density at radius 2 is 2.07 bits per heavy atom. The fourth-order valence-electron chi connectivity index (χ4n) is 3.23. The average Bonchev–Trinajstić information content (AvgIpc) is 3.14. The summed E-state index contributed by atoms with van der Waals surface area (Å²) in [5.41, 5.74) is 1.71. The van der Waals surface area contributed by atoms with E-state index in [0.29, 0.717) is 33.9 Å². The summed E-state index contributed by atoms with van der Waals surface area (Å²) in [5.74, 6) is 0.646. The number of benzene rings is 2. The predicted octanol–water partition coefficient (Wildman–Crippen LogP) is 2.87. The van der Waals surface area contributed by atoms with Crippen molar-refractivity contribution >= 4 is 26.7 Å². The molecule has 1 aromatic heterocycles. The summed E-state index contributed by atoms with van der Waals surface area (Å²) >= 11 is 0. The fourth-order valence-corrected chi connectivity index (χ4v) is 4.77. The zero-order chi connectivity index (χ0) is 19.2. The fraction of sp³-hybridized carbons (Fsp3) is 0.263. The highest BCUT2D eigenvalue weighted by atomic mass is 32.2. The normalized spacial score (nSPS) is 14.9. The minimum atomic E-state index is -3.18. The monoisotopic (exact) mass is 386 g/mol. The van der Waals surface area contributed by atoms with Crippen LogP contribution in [0.15, 0.2) is 41.4 Å². The quantitative estimate of drug-likeness (QED) is 0.641. The van der Waals surface area contributed by atoms with Crippen LogP contribution in [0, 0.1) is 0 Å². The maximum atomic E-state index is 12.1. The van der Waals surface area contributed by atoms with E-state index < -0.39 is 15.8 Å². The van der Waals surface area contributed by atoms with Gasteiger partial charge in [0.05, 0.1) is 33.7 Å². The van der Waals surface area contributed by atoms with Crippen LogP contribution in [0.4, 0.5) is 0 Å². The number of esters is 1. The third-order valence-corrected chi connectivity index (χ3v) is 6.26. The largest absolute Gasteiger partial charge is 0.462 e. The molecule has 7 nitrogen and oxygen atoms in total. The first-order valence-electron chi connectivity index (χ1n) is 8.55. The SMILES string of the molecule is CCOC(=O)c1cc(Oc2ccc3c(c2)CCS3(=O)=O)c2cn(C)nc2c1. The zero-order valence-electron chi connectivity index (χ0n) is 14.9. The number of sulfone groups is 1. The van der Waals surface area contributed by atoms with E-state index in [2.05, 4.69) is 5.10 Å². The van der Waals surface area contributed by atoms with Crippen molar-refractivity contribution in [3.05, 3.63) is 47.7 Å². The van der Waals surface area contributed by atoms with Crippen molar-refractivity contribution in [2.75, 3.05) is 12.4 Å². The van der Waals surface area contributed by atoms with Crippen molar-refractivity contribution in [1.29, 1.82) is 0 Å². The van der Waals surface area contributed by atoms with Gasteiger partial charge in [0.25, 0.3) is 0 Å². The Labute approximate surface area is 156 Å². The van der Waals surface area contributed by atoms with E-state index in [1.165, 1.54) is 0 Å². The van der Waals surface area contributed by atoms with Crippen molar-refractivity contribution < 1.29 is 22.7 Å². The lowest BCUT2D eigenvalue weighted by Gasteiger charge is -2.10. The van der Waals surface area contributed by atoms with Gasteiger partial charge in [0.2, 0.25) is 0 Å². The van der Waals surface area contributed by atoms with E-state index in [1.54, 1.807) is 55.2 Å². The summed E-state index contributed by atoms with van der Waals surface area (Å²) in [5, 5.41) is 5.09. The Kier molecular flexibility index (Phi) is 4.15. The lowest BCUT2D eigenvalue weighted by atomic mass is 10.1. The van der Waals surface area contributed by atoms with Crippen molar-refractivity contribution in [3.8, 4) is 11.5 Å². The van der Waals surface area contributed by atoms with Crippen molar-refractivity contribution in [1.82, 2.24) is 9.78 Å². The highest BCUT2D eigenvalue weighted by Crippen LogP contribution is 2.34. The van der Waals surface area contributed by atoms with Gasteiger partial charge in [-0.25, -0.2) is 13.2 Å². The Balaban J connectivity index is 1.76. The standard InChI is InChI=1S/C19H18N2O5S/c1-3-25-19(22)13-9-16-15(11-21(2)20-16)17(10-13)26-14-4-5-18-12(8-14)6-7-27(18,23)24/h4-5,8-11H,3,6-7H2,1-2H3. The molecule has 0 spiro atoms. The molecular weight excluding hydrogens is 368 g/mol. The van der Waals surface area contributed by atoms with Crippen LogP contribution in [0.5, 0.6) is 11.5 Å². The molecule has 0 saturated heterocycles. The first kappa shape index (κ1) is 17.5. The summed E-state index contributed by atoms with van der Waals surface area (Å²) in [4.78, 5) is 12.5. The number of aromatic nitrogens is 2. The first-order valence-corrected chi connectivity index (χ1v) is 10.2. The van der Waals surface area contributed by atoms with Crippen LogP contribution < -0.4 is 4.74 Å². The zero-order valence-corrected chi connectivity index (χ0v) is 15.7. The van der Waals surface area contributed by atoms with Gasteiger partial charge in [-0.15, -0.1) is 0 Å². The van der Waals surface area contributed by atoms with Crippen LogP contribution in [-0.2, 0) is 28.0 Å². The van der Waals surface area contributed by atoms with E-state index in [4.69, 9.17) is 9.47 Å². The van der Waals surface area contributed by atoms with E-state index in [0.717, 1.165) is 10.9 Å². The number of hydrogen-bond donors (Lipinski definition) is 0. The van der Waals surface area contributed by atoms with Gasteiger partial charge >= 0.3 is 5.97 Å². The molecule has 0 N–H and O–H groups in total. The molecule has 2 aromatic carbocycles. The average molecular weight is 386 g/mol. The molecule has 0 atom stereocenters. The van der Waals surface area contributed by atoms with Gasteiger partial charge in [0, 0.05) is 13.2 Å². The van der Waals surface area contributed by atoms with Crippen LogP contribution in [-0.4, -0.2) is 36.5 Å². The van der Waals surface area contributed by atoms with Crippen LogP contribution in [0.3, 0.4) is 0 Å². The van der Waals surface area contributed by atoms with E-state index >= 15 is 0 Å². The first-order chi connectivity index (χ1) is 12.9. The summed E-state index contributed by atoms with van der Waals surface area (Å²) < 4.78 is 36.7. The van der Waals surface area contributed by atoms with E-state index in [9.17, 15) is 13.2 Å². The molecule has 0 saturated carbocycles. The van der Waals surface area contributed by atoms with E-state index in [-0.39, 0.29) is 12.4 Å². The number of rotatable bonds is 4. The Morgan fingerprint density at radius 1 is 1.26 bits per heavy atom. The number of hydrogen-bond acceptors (Lipinski definition) is 6. The molecule has 8 heteroatoms. The molecule has 4 rings (SSSR count). The lowest BCUT2D eigenvalue weighted by Crippen LogP contribution is -2.04. The van der Waals surface area contributed by atoms with Gasteiger partial charge in [-0.2, -0.15) is 5.10 Å². The Hall–Kier alpha value is -2.87. The molecule has 0 aliphatic carbocycles. The number of carbonyl (C=O) groups excluding carboxylic acids is 1. The number of fused-ring (bicyclic) bond motifs is 2. The molecule has 0 radical (unpaired) electrons. The maximum Gasteiger partial charge on any atom is 0.338 e. The second-order valence-electron chi connectivity index (χ2n) is 6.37. The highest BCUT2D eigenvalue weighted by molar-refractivity contribution is 7.91. The molecule has 0 fully saturated rings. The molecule has 0 unspecified atom stereocenters. The minimum Gasteiger partial charge on any atom is -0.462 e. The molecule has 1 aliphatic heterocycles. The van der Waals surface area contributed by atoms with Crippen molar-refractivity contribution in [2.24, 2.45) is 7.05 Å². The molecule has 0 amide bonds. The summed E-state index contributed by atoms with van der Waals surface area (Å²) in [6.07, 6.45) is 2.28. The third-order valence-electron chi connectivity index (χ3n) is 4.45. The van der Waals surface area contributed by atoms with Gasteiger partial charge in [-0.05, 0) is 49.2 Å². The number of ether oxygens (including phenoxy) is 2. The van der Waals surface area contributed by atoms with Crippen LogP contribution >= 0.6 is 0 Å². The minimum absolute atomic E-state index is 0.122. The predicted molar refractivity (Wildman–Crippen MR) is 98.9 cm³/mol. The number of carbonyl (C=O) groups is 1. The molecule has 3 aromatic rings. The smallest absolute Gasteiger partial charge is 0.338 e. The molecule has 0 bridgehead atoms. The highest BCUT2D eigenvalue weighted by Gasteiger charge is 2.26. The van der Waals surface area contributed by atoms with Crippen molar-refractivity contribution in [2.45, 2.75) is 18.2 Å². The summed E-state index contributed by atoms with van der Waals surface area (Å²) in [6, 6.07) is 8.21. The molecule has 140 valence electrons. The lowest BCUT2D eigenvalue weighted by molar-refractivity contribution is 0.0526.